The number of nitrogens with one attached hydrogen (secondary N) is 1. The third-order valence-corrected chi connectivity index (χ3v) is 5.12. The van der Waals surface area contributed by atoms with Crippen LogP contribution >= 0.6 is 0 Å². The number of aromatic nitrogens is 2. The summed E-state index contributed by atoms with van der Waals surface area (Å²) in [6.45, 7) is 5.24. The van der Waals surface area contributed by atoms with Crippen molar-refractivity contribution in [3.63, 3.8) is 0 Å². The number of H-pyrrole nitrogens is 1. The van der Waals surface area contributed by atoms with Crippen molar-refractivity contribution in [3.8, 4) is 6.07 Å². The molecule has 0 saturated carbocycles. The Balaban J connectivity index is 1.78. The summed E-state index contributed by atoms with van der Waals surface area (Å²) in [4.78, 5) is 16.0. The largest absolute Gasteiger partial charge is 0.336 e. The summed E-state index contributed by atoms with van der Waals surface area (Å²) in [6.07, 6.45) is 1.73. The Bertz CT molecular complexity index is 863. The third-order valence-electron chi connectivity index (χ3n) is 5.12. The van der Waals surface area contributed by atoms with Crippen LogP contribution in [0.3, 0.4) is 0 Å². The van der Waals surface area contributed by atoms with E-state index in [1.54, 1.807) is 6.92 Å². The van der Waals surface area contributed by atoms with Gasteiger partial charge in [0.25, 0.3) is 0 Å². The van der Waals surface area contributed by atoms with Crippen molar-refractivity contribution >= 4 is 17.4 Å². The highest BCUT2D eigenvalue weighted by molar-refractivity contribution is 5.76. The second kappa shape index (κ2) is 5.38. The minimum Gasteiger partial charge on any atom is -0.336 e. The molecule has 1 unspecified atom stereocenters. The molecule has 6 heteroatoms. The van der Waals surface area contributed by atoms with Crippen LogP contribution in [0.2, 0.25) is 0 Å². The summed E-state index contributed by atoms with van der Waals surface area (Å²) in [5, 5.41) is 16.9. The number of anilines is 2. The van der Waals surface area contributed by atoms with Gasteiger partial charge in [0, 0.05) is 43.4 Å². The number of rotatable bonds is 1. The molecule has 1 aromatic carbocycles. The van der Waals surface area contributed by atoms with Crippen LogP contribution in [-0.2, 0) is 17.6 Å². The number of hydrogen-bond donors (Lipinski definition) is 1. The Kier molecular flexibility index (Phi) is 3.31. The molecule has 0 radical (unpaired) electrons. The first kappa shape index (κ1) is 14.8. The number of carbonyl (C=O) groups is 1. The normalized spacial score (nSPS) is 19.0. The molecule has 2 aromatic rings. The summed E-state index contributed by atoms with van der Waals surface area (Å²) in [5.74, 6) is 0.978. The SMILES string of the molecule is CC(=O)N1CCc2[nH]nc(N3CCc4ccc(C#N)cc43)c2C1C. The molecule has 4 rings (SSSR count). The van der Waals surface area contributed by atoms with Gasteiger partial charge in [0.2, 0.25) is 5.91 Å². The molecule has 0 aliphatic carbocycles. The van der Waals surface area contributed by atoms with E-state index in [2.05, 4.69) is 28.1 Å². The van der Waals surface area contributed by atoms with Gasteiger partial charge in [-0.2, -0.15) is 10.4 Å². The summed E-state index contributed by atoms with van der Waals surface area (Å²) in [5.41, 5.74) is 5.16. The van der Waals surface area contributed by atoms with Crippen molar-refractivity contribution in [3.05, 3.63) is 40.6 Å². The molecule has 0 fully saturated rings. The van der Waals surface area contributed by atoms with Crippen LogP contribution in [0, 0.1) is 11.3 Å². The van der Waals surface area contributed by atoms with Gasteiger partial charge < -0.3 is 9.80 Å². The van der Waals surface area contributed by atoms with E-state index in [-0.39, 0.29) is 11.9 Å². The zero-order valence-corrected chi connectivity index (χ0v) is 13.8. The van der Waals surface area contributed by atoms with Crippen LogP contribution in [-0.4, -0.2) is 34.1 Å². The number of fused-ring (bicyclic) bond motifs is 2. The van der Waals surface area contributed by atoms with Crippen molar-refractivity contribution in [1.29, 1.82) is 5.26 Å². The van der Waals surface area contributed by atoms with E-state index >= 15 is 0 Å². The lowest BCUT2D eigenvalue weighted by molar-refractivity contribution is -0.131. The van der Waals surface area contributed by atoms with Gasteiger partial charge >= 0.3 is 0 Å². The monoisotopic (exact) mass is 321 g/mol. The van der Waals surface area contributed by atoms with Crippen molar-refractivity contribution in [2.24, 2.45) is 0 Å². The quantitative estimate of drug-likeness (QED) is 0.875. The van der Waals surface area contributed by atoms with Crippen LogP contribution < -0.4 is 4.90 Å². The van der Waals surface area contributed by atoms with E-state index in [0.717, 1.165) is 48.7 Å². The average molecular weight is 321 g/mol. The fourth-order valence-electron chi connectivity index (χ4n) is 3.89. The highest BCUT2D eigenvalue weighted by atomic mass is 16.2. The summed E-state index contributed by atoms with van der Waals surface area (Å²) in [7, 11) is 0. The van der Waals surface area contributed by atoms with E-state index in [0.29, 0.717) is 5.56 Å². The fourth-order valence-corrected chi connectivity index (χ4v) is 3.89. The molecule has 0 bridgehead atoms. The molecule has 1 N–H and O–H groups in total. The lowest BCUT2D eigenvalue weighted by atomic mass is 9.99. The topological polar surface area (TPSA) is 76.0 Å². The Morgan fingerprint density at radius 3 is 2.96 bits per heavy atom. The fraction of sp³-hybridized carbons (Fsp3) is 0.389. The van der Waals surface area contributed by atoms with Gasteiger partial charge in [-0.05, 0) is 31.0 Å². The van der Waals surface area contributed by atoms with Crippen molar-refractivity contribution in [1.82, 2.24) is 15.1 Å². The first-order chi connectivity index (χ1) is 11.6. The Morgan fingerprint density at radius 2 is 2.21 bits per heavy atom. The second-order valence-electron chi connectivity index (χ2n) is 6.43. The van der Waals surface area contributed by atoms with Gasteiger partial charge in [-0.1, -0.05) is 6.07 Å². The number of hydrogen-bond acceptors (Lipinski definition) is 4. The smallest absolute Gasteiger partial charge is 0.219 e. The standard InChI is InChI=1S/C18H19N5O/c1-11-17-15(6-8-22(11)12(2)24)20-21-18(17)23-7-5-14-4-3-13(10-19)9-16(14)23/h3-4,9,11H,5-8H2,1-2H3,(H,20,21). The Hall–Kier alpha value is -2.81. The molecule has 0 spiro atoms. The van der Waals surface area contributed by atoms with Gasteiger partial charge in [-0.15, -0.1) is 0 Å². The molecule has 24 heavy (non-hydrogen) atoms. The molecule has 122 valence electrons. The third kappa shape index (κ3) is 2.08. The van der Waals surface area contributed by atoms with Crippen LogP contribution in [0.5, 0.6) is 0 Å². The molecule has 6 nitrogen and oxygen atoms in total. The van der Waals surface area contributed by atoms with E-state index < -0.39 is 0 Å². The van der Waals surface area contributed by atoms with Crippen LogP contribution in [0.15, 0.2) is 18.2 Å². The number of amides is 1. The average Bonchev–Trinajstić information content (AvgIpc) is 3.17. The maximum Gasteiger partial charge on any atom is 0.219 e. The van der Waals surface area contributed by atoms with Gasteiger partial charge in [0.15, 0.2) is 5.82 Å². The van der Waals surface area contributed by atoms with E-state index in [1.807, 2.05) is 23.1 Å². The van der Waals surface area contributed by atoms with Gasteiger partial charge in [-0.25, -0.2) is 0 Å². The summed E-state index contributed by atoms with van der Waals surface area (Å²) < 4.78 is 0. The van der Waals surface area contributed by atoms with Crippen LogP contribution in [0.1, 0.15) is 42.3 Å². The zero-order valence-electron chi connectivity index (χ0n) is 13.8. The number of nitriles is 1. The number of nitrogens with zero attached hydrogens (tertiary/aromatic N) is 4. The van der Waals surface area contributed by atoms with E-state index in [1.165, 1.54) is 5.56 Å². The lowest BCUT2D eigenvalue weighted by Crippen LogP contribution is -2.37. The predicted molar refractivity (Wildman–Crippen MR) is 90.0 cm³/mol. The minimum absolute atomic E-state index is 0.00296. The maximum atomic E-state index is 11.9. The van der Waals surface area contributed by atoms with Crippen LogP contribution in [0.4, 0.5) is 11.5 Å². The molecule has 2 aliphatic heterocycles. The zero-order chi connectivity index (χ0) is 16.8. The van der Waals surface area contributed by atoms with Crippen molar-refractivity contribution in [2.75, 3.05) is 18.0 Å². The predicted octanol–water partition coefficient (Wildman–Crippen LogP) is 2.44. The maximum absolute atomic E-state index is 11.9. The number of aromatic amines is 1. The highest BCUT2D eigenvalue weighted by Gasteiger charge is 2.34. The molecule has 1 amide bonds. The molecule has 2 aliphatic rings. The molecular weight excluding hydrogens is 302 g/mol. The van der Waals surface area contributed by atoms with Crippen LogP contribution in [0.25, 0.3) is 0 Å². The first-order valence-corrected chi connectivity index (χ1v) is 8.25. The van der Waals surface area contributed by atoms with Crippen molar-refractivity contribution < 1.29 is 4.79 Å². The molecule has 1 atom stereocenters. The Labute approximate surface area is 140 Å². The molecule has 0 saturated heterocycles. The first-order valence-electron chi connectivity index (χ1n) is 8.25. The summed E-state index contributed by atoms with van der Waals surface area (Å²) >= 11 is 0. The van der Waals surface area contributed by atoms with Gasteiger partial charge in [0.05, 0.1) is 17.7 Å². The lowest BCUT2D eigenvalue weighted by Gasteiger charge is -2.34. The minimum atomic E-state index is 0.00296. The van der Waals surface area contributed by atoms with Gasteiger partial charge in [0.1, 0.15) is 0 Å². The highest BCUT2D eigenvalue weighted by Crippen LogP contribution is 2.41. The number of benzene rings is 1. The van der Waals surface area contributed by atoms with E-state index in [9.17, 15) is 10.1 Å². The molecule has 1 aromatic heterocycles. The Morgan fingerprint density at radius 1 is 1.38 bits per heavy atom. The van der Waals surface area contributed by atoms with E-state index in [4.69, 9.17) is 0 Å². The van der Waals surface area contributed by atoms with Crippen molar-refractivity contribution in [2.45, 2.75) is 32.7 Å². The number of carbonyl (C=O) groups excluding carboxylic acids is 1. The second-order valence-corrected chi connectivity index (χ2v) is 6.43. The molecular formula is C18H19N5O. The molecule has 3 heterocycles. The van der Waals surface area contributed by atoms with Gasteiger partial charge in [-0.3, -0.25) is 9.89 Å². The summed E-state index contributed by atoms with van der Waals surface area (Å²) in [6, 6.07) is 8.03.